The topological polar surface area (TPSA) is 86.5 Å². The molecule has 0 radical (unpaired) electrons. The van der Waals surface area contributed by atoms with Crippen LogP contribution in [0.3, 0.4) is 0 Å². The van der Waals surface area contributed by atoms with Crippen LogP contribution < -0.4 is 15.5 Å². The number of likely N-dealkylation sites (N-methyl/N-ethyl adjacent to an activating group) is 2. The Bertz CT molecular complexity index is 1370. The number of aromatic nitrogens is 2. The van der Waals surface area contributed by atoms with Crippen LogP contribution in [0, 0.1) is 5.82 Å². The Hall–Kier alpha value is -4.24. The van der Waals surface area contributed by atoms with E-state index in [0.29, 0.717) is 33.7 Å². The van der Waals surface area contributed by atoms with Crippen molar-refractivity contribution in [2.75, 3.05) is 49.8 Å². The van der Waals surface area contributed by atoms with E-state index in [4.69, 9.17) is 4.52 Å². The van der Waals surface area contributed by atoms with Gasteiger partial charge in [-0.2, -0.15) is 0 Å². The summed E-state index contributed by atoms with van der Waals surface area (Å²) >= 11 is 0. The summed E-state index contributed by atoms with van der Waals surface area (Å²) in [4.78, 5) is 20.7. The minimum absolute atomic E-state index is 0.298. The number of nitrogens with zero attached hydrogens (tertiary/aromatic N) is 4. The van der Waals surface area contributed by atoms with E-state index in [1.54, 1.807) is 24.4 Å². The van der Waals surface area contributed by atoms with Crippen molar-refractivity contribution in [2.24, 2.45) is 0 Å². The Morgan fingerprint density at radius 1 is 1.14 bits per heavy atom. The highest BCUT2D eigenvalue weighted by molar-refractivity contribution is 6.02. The highest BCUT2D eigenvalue weighted by Gasteiger charge is 2.14. The van der Waals surface area contributed by atoms with Crippen molar-refractivity contribution in [1.29, 1.82) is 0 Å². The first-order valence-corrected chi connectivity index (χ1v) is 11.1. The molecule has 2 heterocycles. The molecular formula is C26H27FN6O2. The van der Waals surface area contributed by atoms with Crippen molar-refractivity contribution in [3.05, 3.63) is 73.2 Å². The summed E-state index contributed by atoms with van der Waals surface area (Å²) < 4.78 is 19.2. The van der Waals surface area contributed by atoms with Crippen LogP contribution in [0.4, 0.5) is 27.3 Å². The van der Waals surface area contributed by atoms with E-state index in [2.05, 4.69) is 37.2 Å². The highest BCUT2D eigenvalue weighted by Crippen LogP contribution is 2.33. The number of carbonyl (C=O) groups is 1. The Balaban J connectivity index is 1.64. The van der Waals surface area contributed by atoms with E-state index in [1.807, 2.05) is 39.3 Å². The number of fused-ring (bicyclic) bond motifs is 1. The molecule has 0 saturated carbocycles. The van der Waals surface area contributed by atoms with Gasteiger partial charge >= 0.3 is 0 Å². The van der Waals surface area contributed by atoms with Crippen LogP contribution in [0.15, 0.2) is 71.9 Å². The third kappa shape index (κ3) is 5.64. The number of pyridine rings is 1. The second kappa shape index (κ2) is 10.4. The number of halogens is 1. The SMILES string of the molecule is C=CC(=O)Nc1cc(Nc2cc3c(-c4cccc(F)c4)onc3cn2)ccc1N(C)CCN(C)C. The summed E-state index contributed by atoms with van der Waals surface area (Å²) in [5, 5.41) is 10.9. The van der Waals surface area contributed by atoms with Crippen LogP contribution >= 0.6 is 0 Å². The van der Waals surface area contributed by atoms with Crippen LogP contribution in [-0.4, -0.2) is 55.2 Å². The molecule has 0 bridgehead atoms. The summed E-state index contributed by atoms with van der Waals surface area (Å²) in [6, 6.07) is 13.6. The molecule has 0 aliphatic rings. The monoisotopic (exact) mass is 474 g/mol. The lowest BCUT2D eigenvalue weighted by molar-refractivity contribution is -0.111. The third-order valence-corrected chi connectivity index (χ3v) is 5.46. The maximum Gasteiger partial charge on any atom is 0.247 e. The fourth-order valence-electron chi connectivity index (χ4n) is 3.60. The van der Waals surface area contributed by atoms with Gasteiger partial charge in [-0.05, 0) is 56.6 Å². The van der Waals surface area contributed by atoms with Gasteiger partial charge in [0.25, 0.3) is 0 Å². The second-order valence-electron chi connectivity index (χ2n) is 8.38. The number of hydrogen-bond acceptors (Lipinski definition) is 7. The average Bonchev–Trinajstić information content (AvgIpc) is 3.26. The van der Waals surface area contributed by atoms with Crippen molar-refractivity contribution < 1.29 is 13.7 Å². The van der Waals surface area contributed by atoms with Gasteiger partial charge in [0.15, 0.2) is 5.76 Å². The van der Waals surface area contributed by atoms with Crippen molar-refractivity contribution in [1.82, 2.24) is 15.0 Å². The van der Waals surface area contributed by atoms with Crippen LogP contribution in [-0.2, 0) is 4.79 Å². The van der Waals surface area contributed by atoms with Gasteiger partial charge < -0.3 is 25.0 Å². The Morgan fingerprint density at radius 2 is 1.97 bits per heavy atom. The lowest BCUT2D eigenvalue weighted by atomic mass is 10.1. The molecule has 0 atom stereocenters. The zero-order valence-electron chi connectivity index (χ0n) is 19.9. The molecule has 0 aliphatic carbocycles. The van der Waals surface area contributed by atoms with E-state index < -0.39 is 0 Å². The fraction of sp³-hybridized carbons (Fsp3) is 0.192. The van der Waals surface area contributed by atoms with Gasteiger partial charge in [-0.1, -0.05) is 23.9 Å². The van der Waals surface area contributed by atoms with Gasteiger partial charge in [-0.15, -0.1) is 0 Å². The minimum atomic E-state index is -0.357. The van der Waals surface area contributed by atoms with Crippen LogP contribution in [0.1, 0.15) is 0 Å². The zero-order chi connectivity index (χ0) is 24.9. The smallest absolute Gasteiger partial charge is 0.247 e. The molecule has 4 rings (SSSR count). The molecule has 0 saturated heterocycles. The Morgan fingerprint density at radius 3 is 2.71 bits per heavy atom. The molecule has 8 nitrogen and oxygen atoms in total. The van der Waals surface area contributed by atoms with Crippen molar-refractivity contribution >= 4 is 39.7 Å². The summed E-state index contributed by atoms with van der Waals surface area (Å²) in [6.07, 6.45) is 2.83. The van der Waals surface area contributed by atoms with Crippen LogP contribution in [0.25, 0.3) is 22.2 Å². The predicted octanol–water partition coefficient (Wildman–Crippen LogP) is 4.89. The molecule has 2 aromatic carbocycles. The van der Waals surface area contributed by atoms with E-state index >= 15 is 0 Å². The normalized spacial score (nSPS) is 11.0. The van der Waals surface area contributed by atoms with E-state index in [0.717, 1.165) is 24.5 Å². The summed E-state index contributed by atoms with van der Waals surface area (Å²) in [7, 11) is 6.01. The van der Waals surface area contributed by atoms with Crippen molar-refractivity contribution in [3.63, 3.8) is 0 Å². The average molecular weight is 475 g/mol. The number of rotatable bonds is 9. The van der Waals surface area contributed by atoms with Gasteiger partial charge in [0.05, 0.1) is 23.0 Å². The number of carbonyl (C=O) groups excluding carboxylic acids is 1. The van der Waals surface area contributed by atoms with Crippen LogP contribution in [0.5, 0.6) is 0 Å². The summed E-state index contributed by atoms with van der Waals surface area (Å²) in [5.74, 6) is 0.354. The zero-order valence-corrected chi connectivity index (χ0v) is 19.9. The number of amides is 1. The molecule has 2 N–H and O–H groups in total. The molecule has 180 valence electrons. The van der Waals surface area contributed by atoms with Crippen molar-refractivity contribution in [2.45, 2.75) is 0 Å². The number of anilines is 4. The molecule has 0 unspecified atom stereocenters. The largest absolute Gasteiger partial charge is 0.372 e. The molecular weight excluding hydrogens is 447 g/mol. The summed E-state index contributed by atoms with van der Waals surface area (Å²) in [5.41, 5.74) is 3.40. The second-order valence-corrected chi connectivity index (χ2v) is 8.38. The number of nitrogens with one attached hydrogen (secondary N) is 2. The first kappa shape index (κ1) is 23.9. The quantitative estimate of drug-likeness (QED) is 0.334. The maximum absolute atomic E-state index is 13.7. The standard InChI is InChI=1S/C26H27FN6O2/c1-5-25(34)30-21-14-19(9-10-23(21)33(4)12-11-32(2)3)29-24-15-20-22(16-28-24)31-35-26(20)17-7-6-8-18(27)13-17/h5-10,13-16,29H,1,11-12H2,2-4H3,(H,30,34). The molecule has 4 aromatic rings. The Labute approximate surface area is 203 Å². The van der Waals surface area contributed by atoms with Gasteiger partial charge in [-0.3, -0.25) is 4.79 Å². The van der Waals surface area contributed by atoms with E-state index in [9.17, 15) is 9.18 Å². The molecule has 0 spiro atoms. The molecule has 0 fully saturated rings. The first-order valence-electron chi connectivity index (χ1n) is 11.1. The van der Waals surface area contributed by atoms with E-state index in [1.165, 1.54) is 18.2 Å². The van der Waals surface area contributed by atoms with Gasteiger partial charge in [0.2, 0.25) is 5.91 Å². The minimum Gasteiger partial charge on any atom is -0.372 e. The number of hydrogen-bond donors (Lipinski definition) is 2. The molecule has 35 heavy (non-hydrogen) atoms. The van der Waals surface area contributed by atoms with Crippen LogP contribution in [0.2, 0.25) is 0 Å². The lowest BCUT2D eigenvalue weighted by Crippen LogP contribution is -2.29. The lowest BCUT2D eigenvalue weighted by Gasteiger charge is -2.24. The third-order valence-electron chi connectivity index (χ3n) is 5.46. The van der Waals surface area contributed by atoms with E-state index in [-0.39, 0.29) is 11.7 Å². The van der Waals surface area contributed by atoms with Crippen molar-refractivity contribution in [3.8, 4) is 11.3 Å². The fourth-order valence-corrected chi connectivity index (χ4v) is 3.60. The highest BCUT2D eigenvalue weighted by atomic mass is 19.1. The summed E-state index contributed by atoms with van der Waals surface area (Å²) in [6.45, 7) is 5.19. The molecule has 2 aromatic heterocycles. The predicted molar refractivity (Wildman–Crippen MR) is 138 cm³/mol. The Kier molecular flexibility index (Phi) is 7.07. The molecule has 0 aliphatic heterocycles. The first-order chi connectivity index (χ1) is 16.8. The van der Waals surface area contributed by atoms with Gasteiger partial charge in [0.1, 0.15) is 17.2 Å². The maximum atomic E-state index is 13.7. The number of benzene rings is 2. The van der Waals surface area contributed by atoms with Gasteiger partial charge in [-0.25, -0.2) is 9.37 Å². The molecule has 1 amide bonds. The van der Waals surface area contributed by atoms with Gasteiger partial charge in [0, 0.05) is 31.4 Å². The molecule has 9 heteroatoms.